The van der Waals surface area contributed by atoms with E-state index in [-0.39, 0.29) is 17.1 Å². The summed E-state index contributed by atoms with van der Waals surface area (Å²) in [7, 11) is 0. The molecule has 0 saturated carbocycles. The van der Waals surface area contributed by atoms with Crippen molar-refractivity contribution in [1.82, 2.24) is 9.97 Å². The molecule has 112 valence electrons. The molecule has 1 heterocycles. The van der Waals surface area contributed by atoms with E-state index in [2.05, 4.69) is 9.97 Å². The van der Waals surface area contributed by atoms with E-state index in [1.165, 1.54) is 6.07 Å². The maximum Gasteiger partial charge on any atom is 0.251 e. The van der Waals surface area contributed by atoms with Crippen molar-refractivity contribution in [2.75, 3.05) is 0 Å². The summed E-state index contributed by atoms with van der Waals surface area (Å²) in [5, 5.41) is 0. The van der Waals surface area contributed by atoms with Gasteiger partial charge in [-0.2, -0.15) is 0 Å². The fourth-order valence-corrected chi connectivity index (χ4v) is 1.94. The number of nitrogens with one attached hydrogen (secondary N) is 1. The van der Waals surface area contributed by atoms with E-state index in [9.17, 15) is 4.79 Å². The van der Waals surface area contributed by atoms with Crippen LogP contribution in [0.4, 0.5) is 0 Å². The molecule has 0 amide bonds. The smallest absolute Gasteiger partial charge is 0.251 e. The second-order valence-corrected chi connectivity index (χ2v) is 6.42. The van der Waals surface area contributed by atoms with Crippen molar-refractivity contribution in [3.8, 4) is 17.0 Å². The van der Waals surface area contributed by atoms with Gasteiger partial charge in [0.25, 0.3) is 5.56 Å². The molecule has 0 saturated heterocycles. The summed E-state index contributed by atoms with van der Waals surface area (Å²) in [6.45, 7) is 10.0. The Morgan fingerprint density at radius 3 is 2.29 bits per heavy atom. The van der Waals surface area contributed by atoms with Gasteiger partial charge >= 0.3 is 0 Å². The van der Waals surface area contributed by atoms with Crippen LogP contribution in [0.15, 0.2) is 35.1 Å². The lowest BCUT2D eigenvalue weighted by Crippen LogP contribution is -2.21. The number of hydrogen-bond acceptors (Lipinski definition) is 3. The van der Waals surface area contributed by atoms with Crippen LogP contribution < -0.4 is 10.3 Å². The molecule has 21 heavy (non-hydrogen) atoms. The summed E-state index contributed by atoms with van der Waals surface area (Å²) < 4.78 is 5.62. The van der Waals surface area contributed by atoms with Crippen molar-refractivity contribution in [2.45, 2.75) is 46.1 Å². The van der Waals surface area contributed by atoms with Crippen molar-refractivity contribution in [1.29, 1.82) is 0 Å². The number of aromatic amines is 1. The van der Waals surface area contributed by atoms with Crippen molar-refractivity contribution in [3.63, 3.8) is 0 Å². The average Bonchev–Trinajstić information content (AvgIpc) is 2.37. The predicted octanol–water partition coefficient (Wildman–Crippen LogP) is 3.52. The summed E-state index contributed by atoms with van der Waals surface area (Å²) in [6, 6.07) is 9.16. The Morgan fingerprint density at radius 2 is 1.76 bits per heavy atom. The first-order valence-corrected chi connectivity index (χ1v) is 7.14. The molecule has 4 heteroatoms. The van der Waals surface area contributed by atoms with Gasteiger partial charge in [0, 0.05) is 17.0 Å². The molecule has 4 nitrogen and oxygen atoms in total. The Kier molecular flexibility index (Phi) is 4.16. The minimum Gasteiger partial charge on any atom is -0.491 e. The molecule has 1 N–H and O–H groups in total. The fraction of sp³-hybridized carbons (Fsp3) is 0.412. The molecular formula is C17H22N2O2. The van der Waals surface area contributed by atoms with Gasteiger partial charge < -0.3 is 9.72 Å². The van der Waals surface area contributed by atoms with Gasteiger partial charge in [-0.25, -0.2) is 4.98 Å². The first kappa shape index (κ1) is 15.3. The zero-order valence-corrected chi connectivity index (χ0v) is 13.2. The Hall–Kier alpha value is -2.10. The Labute approximate surface area is 125 Å². The average molecular weight is 286 g/mol. The second-order valence-electron chi connectivity index (χ2n) is 6.42. The minimum atomic E-state index is -0.199. The van der Waals surface area contributed by atoms with Crippen molar-refractivity contribution < 1.29 is 4.74 Å². The van der Waals surface area contributed by atoms with Gasteiger partial charge in [-0.3, -0.25) is 4.79 Å². The maximum absolute atomic E-state index is 11.8. The van der Waals surface area contributed by atoms with Crippen LogP contribution in [0.25, 0.3) is 11.3 Å². The van der Waals surface area contributed by atoms with Gasteiger partial charge in [-0.15, -0.1) is 0 Å². The summed E-state index contributed by atoms with van der Waals surface area (Å²) in [6.07, 6.45) is 0.140. The van der Waals surface area contributed by atoms with Gasteiger partial charge in [0.2, 0.25) is 0 Å². The maximum atomic E-state index is 11.8. The van der Waals surface area contributed by atoms with Gasteiger partial charge in [-0.05, 0) is 38.1 Å². The number of aromatic nitrogens is 2. The largest absolute Gasteiger partial charge is 0.491 e. The fourth-order valence-electron chi connectivity index (χ4n) is 1.94. The zero-order valence-electron chi connectivity index (χ0n) is 13.2. The number of ether oxygens (including phenoxy) is 1. The third kappa shape index (κ3) is 3.94. The van der Waals surface area contributed by atoms with Crippen LogP contribution in [0.5, 0.6) is 5.75 Å². The summed E-state index contributed by atoms with van der Waals surface area (Å²) in [5.74, 6) is 1.50. The van der Waals surface area contributed by atoms with Gasteiger partial charge in [-0.1, -0.05) is 20.8 Å². The highest BCUT2D eigenvalue weighted by molar-refractivity contribution is 5.59. The Bertz CT molecular complexity index is 664. The molecule has 2 rings (SSSR count). The van der Waals surface area contributed by atoms with Crippen molar-refractivity contribution in [3.05, 3.63) is 46.5 Å². The lowest BCUT2D eigenvalue weighted by Gasteiger charge is -2.17. The van der Waals surface area contributed by atoms with Crippen LogP contribution in [0.2, 0.25) is 0 Å². The highest BCUT2D eigenvalue weighted by atomic mass is 16.5. The van der Waals surface area contributed by atoms with Gasteiger partial charge in [0.05, 0.1) is 11.8 Å². The number of hydrogen-bond donors (Lipinski definition) is 1. The Morgan fingerprint density at radius 1 is 1.14 bits per heavy atom. The summed E-state index contributed by atoms with van der Waals surface area (Å²) >= 11 is 0. The molecule has 0 unspecified atom stereocenters. The molecule has 1 aromatic carbocycles. The molecule has 1 aromatic heterocycles. The van der Waals surface area contributed by atoms with Crippen molar-refractivity contribution in [2.24, 2.45) is 0 Å². The van der Waals surface area contributed by atoms with E-state index in [0.29, 0.717) is 11.5 Å². The molecule has 0 fully saturated rings. The van der Waals surface area contributed by atoms with Crippen LogP contribution in [0, 0.1) is 0 Å². The van der Waals surface area contributed by atoms with E-state index in [4.69, 9.17) is 4.74 Å². The highest BCUT2D eigenvalue weighted by Gasteiger charge is 2.17. The lowest BCUT2D eigenvalue weighted by molar-refractivity contribution is 0.242. The first-order chi connectivity index (χ1) is 9.75. The minimum absolute atomic E-state index is 0.132. The quantitative estimate of drug-likeness (QED) is 0.939. The standard InChI is InChI=1S/C17H22N2O2/c1-11(2)21-13-8-6-12(7-9-13)14-10-15(20)19-16(18-14)17(3,4)5/h6-11H,1-5H3,(H,18,19,20). The van der Waals surface area contributed by atoms with E-state index in [0.717, 1.165) is 11.3 Å². The molecule has 0 aliphatic heterocycles. The lowest BCUT2D eigenvalue weighted by atomic mass is 9.95. The molecule has 0 aliphatic rings. The summed E-state index contributed by atoms with van der Waals surface area (Å²) in [5.41, 5.74) is 1.26. The number of nitrogens with zero attached hydrogens (tertiary/aromatic N) is 1. The number of benzene rings is 1. The van der Waals surface area contributed by atoms with E-state index < -0.39 is 0 Å². The van der Waals surface area contributed by atoms with E-state index in [1.54, 1.807) is 0 Å². The van der Waals surface area contributed by atoms with Crippen LogP contribution >= 0.6 is 0 Å². The van der Waals surface area contributed by atoms with Crippen LogP contribution in [-0.4, -0.2) is 16.1 Å². The zero-order chi connectivity index (χ0) is 15.6. The number of rotatable bonds is 3. The van der Waals surface area contributed by atoms with E-state index in [1.807, 2.05) is 58.9 Å². The molecule has 0 atom stereocenters. The summed E-state index contributed by atoms with van der Waals surface area (Å²) in [4.78, 5) is 19.2. The van der Waals surface area contributed by atoms with Crippen LogP contribution in [-0.2, 0) is 5.41 Å². The molecule has 2 aromatic rings. The SMILES string of the molecule is CC(C)Oc1ccc(-c2cc(=O)[nH]c(C(C)(C)C)n2)cc1. The molecule has 0 spiro atoms. The topological polar surface area (TPSA) is 55.0 Å². The third-order valence-electron chi connectivity index (χ3n) is 2.97. The highest BCUT2D eigenvalue weighted by Crippen LogP contribution is 2.23. The Balaban J connectivity index is 2.38. The van der Waals surface area contributed by atoms with Crippen molar-refractivity contribution >= 4 is 0 Å². The van der Waals surface area contributed by atoms with Crippen LogP contribution in [0.1, 0.15) is 40.4 Å². The van der Waals surface area contributed by atoms with E-state index >= 15 is 0 Å². The molecule has 0 aliphatic carbocycles. The predicted molar refractivity (Wildman–Crippen MR) is 84.8 cm³/mol. The van der Waals surface area contributed by atoms with Crippen LogP contribution in [0.3, 0.4) is 0 Å². The molecule has 0 bridgehead atoms. The van der Waals surface area contributed by atoms with Gasteiger partial charge in [0.15, 0.2) is 0 Å². The molecule has 0 radical (unpaired) electrons. The normalized spacial score (nSPS) is 11.7. The monoisotopic (exact) mass is 286 g/mol. The van der Waals surface area contributed by atoms with Gasteiger partial charge in [0.1, 0.15) is 11.6 Å². The molecular weight excluding hydrogens is 264 g/mol. The number of H-pyrrole nitrogens is 1. The third-order valence-corrected chi connectivity index (χ3v) is 2.97. The second kappa shape index (κ2) is 5.72. The first-order valence-electron chi connectivity index (χ1n) is 7.14.